The molecule has 0 aliphatic carbocycles. The molecule has 2 unspecified atom stereocenters. The number of hydrogen-bond acceptors (Lipinski definition) is 2. The van der Waals surface area contributed by atoms with E-state index in [1.54, 1.807) is 12.1 Å². The zero-order valence-corrected chi connectivity index (χ0v) is 17.9. The lowest BCUT2D eigenvalue weighted by atomic mass is 9.88. The molecule has 0 N–H and O–H groups in total. The SMILES string of the molecule is CCCCCC1CCC(c2ccc(-c3ccc(OCCC)c(F)c3F)cc2F)CO1. The van der Waals surface area contributed by atoms with Gasteiger partial charge in [-0.1, -0.05) is 45.2 Å². The Labute approximate surface area is 177 Å². The number of halogens is 3. The molecule has 30 heavy (non-hydrogen) atoms. The van der Waals surface area contributed by atoms with Gasteiger partial charge >= 0.3 is 0 Å². The highest BCUT2D eigenvalue weighted by Gasteiger charge is 2.25. The lowest BCUT2D eigenvalue weighted by Gasteiger charge is -2.29. The second-order valence-corrected chi connectivity index (χ2v) is 8.05. The minimum Gasteiger partial charge on any atom is -0.490 e. The third-order valence-corrected chi connectivity index (χ3v) is 5.76. The summed E-state index contributed by atoms with van der Waals surface area (Å²) >= 11 is 0. The summed E-state index contributed by atoms with van der Waals surface area (Å²) in [7, 11) is 0. The summed E-state index contributed by atoms with van der Waals surface area (Å²) in [6, 6.07) is 7.43. The van der Waals surface area contributed by atoms with Gasteiger partial charge in [0.2, 0.25) is 5.82 Å². The van der Waals surface area contributed by atoms with Crippen LogP contribution in [0.4, 0.5) is 13.2 Å². The molecule has 1 saturated heterocycles. The molecular weight excluding hydrogens is 389 g/mol. The average Bonchev–Trinajstić information content (AvgIpc) is 2.75. The highest BCUT2D eigenvalue weighted by atomic mass is 19.2. The Morgan fingerprint density at radius 1 is 0.967 bits per heavy atom. The van der Waals surface area contributed by atoms with Crippen molar-refractivity contribution in [1.29, 1.82) is 0 Å². The first-order valence-corrected chi connectivity index (χ1v) is 11.1. The molecule has 2 aromatic carbocycles. The molecule has 0 spiro atoms. The lowest BCUT2D eigenvalue weighted by Crippen LogP contribution is -2.25. The molecule has 0 saturated carbocycles. The zero-order chi connectivity index (χ0) is 21.5. The molecule has 0 aromatic heterocycles. The van der Waals surface area contributed by atoms with Gasteiger partial charge in [-0.05, 0) is 55.0 Å². The van der Waals surface area contributed by atoms with Crippen molar-refractivity contribution < 1.29 is 22.6 Å². The van der Waals surface area contributed by atoms with Crippen molar-refractivity contribution in [3.8, 4) is 16.9 Å². The minimum atomic E-state index is -1.04. The Balaban J connectivity index is 1.70. The van der Waals surface area contributed by atoms with E-state index < -0.39 is 17.5 Å². The zero-order valence-electron chi connectivity index (χ0n) is 17.9. The standard InChI is InChI=1S/C25H31F3O2/c1-3-5-6-7-19-10-8-18(16-30-19)20-11-9-17(15-22(20)26)21-12-13-23(29-14-4-2)25(28)24(21)27/h9,11-13,15,18-19H,3-8,10,14,16H2,1-2H3. The summed E-state index contributed by atoms with van der Waals surface area (Å²) in [4.78, 5) is 0. The van der Waals surface area contributed by atoms with Crippen LogP contribution in [0.2, 0.25) is 0 Å². The predicted molar refractivity (Wildman–Crippen MR) is 113 cm³/mol. The fraction of sp³-hybridized carbons (Fsp3) is 0.520. The molecule has 0 bridgehead atoms. The second kappa shape index (κ2) is 10.9. The highest BCUT2D eigenvalue weighted by molar-refractivity contribution is 5.66. The maximum absolute atomic E-state index is 14.8. The smallest absolute Gasteiger partial charge is 0.201 e. The molecule has 1 fully saturated rings. The van der Waals surface area contributed by atoms with Gasteiger partial charge in [0, 0.05) is 11.5 Å². The maximum Gasteiger partial charge on any atom is 0.201 e. The van der Waals surface area contributed by atoms with Crippen molar-refractivity contribution in [2.45, 2.75) is 70.8 Å². The Kier molecular flexibility index (Phi) is 8.20. The molecule has 0 amide bonds. The molecule has 0 radical (unpaired) electrons. The fourth-order valence-corrected chi connectivity index (χ4v) is 4.00. The van der Waals surface area contributed by atoms with Crippen molar-refractivity contribution in [2.75, 3.05) is 13.2 Å². The Hall–Kier alpha value is -2.01. The number of ether oxygens (including phenoxy) is 2. The topological polar surface area (TPSA) is 18.5 Å². The van der Waals surface area contributed by atoms with E-state index in [1.807, 2.05) is 6.92 Å². The van der Waals surface area contributed by atoms with E-state index in [0.717, 1.165) is 19.3 Å². The predicted octanol–water partition coefficient (Wildman–Crippen LogP) is 7.40. The van der Waals surface area contributed by atoms with Crippen LogP contribution in [0.5, 0.6) is 5.75 Å². The Morgan fingerprint density at radius 3 is 2.47 bits per heavy atom. The van der Waals surface area contributed by atoms with Crippen LogP contribution in [0.3, 0.4) is 0 Å². The van der Waals surface area contributed by atoms with Crippen LogP contribution in [0.25, 0.3) is 11.1 Å². The molecule has 2 nitrogen and oxygen atoms in total. The van der Waals surface area contributed by atoms with Crippen LogP contribution in [-0.4, -0.2) is 19.3 Å². The lowest BCUT2D eigenvalue weighted by molar-refractivity contribution is -0.00267. The molecular formula is C25H31F3O2. The van der Waals surface area contributed by atoms with Gasteiger partial charge in [0.15, 0.2) is 11.6 Å². The van der Waals surface area contributed by atoms with Crippen molar-refractivity contribution >= 4 is 0 Å². The van der Waals surface area contributed by atoms with Gasteiger partial charge in [0.25, 0.3) is 0 Å². The minimum absolute atomic E-state index is 0.00659. The van der Waals surface area contributed by atoms with Gasteiger partial charge in [-0.15, -0.1) is 0 Å². The first kappa shape index (κ1) is 22.7. The number of unbranched alkanes of at least 4 members (excludes halogenated alkanes) is 2. The van der Waals surface area contributed by atoms with Crippen LogP contribution < -0.4 is 4.74 Å². The van der Waals surface area contributed by atoms with Crippen LogP contribution in [0, 0.1) is 17.5 Å². The van der Waals surface area contributed by atoms with E-state index in [1.165, 1.54) is 37.5 Å². The highest BCUT2D eigenvalue weighted by Crippen LogP contribution is 2.35. The Bertz CT molecular complexity index is 829. The van der Waals surface area contributed by atoms with E-state index in [9.17, 15) is 13.2 Å². The molecule has 2 atom stereocenters. The summed E-state index contributed by atoms with van der Waals surface area (Å²) in [6.07, 6.45) is 7.38. The second-order valence-electron chi connectivity index (χ2n) is 8.05. The van der Waals surface area contributed by atoms with Gasteiger partial charge in [0.1, 0.15) is 5.82 Å². The van der Waals surface area contributed by atoms with Crippen LogP contribution in [0.1, 0.15) is 70.3 Å². The van der Waals surface area contributed by atoms with Crippen molar-refractivity contribution in [2.24, 2.45) is 0 Å². The first-order chi connectivity index (χ1) is 14.5. The summed E-state index contributed by atoms with van der Waals surface area (Å²) in [6.45, 7) is 4.87. The average molecular weight is 421 g/mol. The van der Waals surface area contributed by atoms with Crippen molar-refractivity contribution in [3.63, 3.8) is 0 Å². The van der Waals surface area contributed by atoms with Crippen LogP contribution in [0.15, 0.2) is 30.3 Å². The number of benzene rings is 2. The number of rotatable bonds is 9. The van der Waals surface area contributed by atoms with Gasteiger partial charge in [0.05, 0.1) is 19.3 Å². The number of hydrogen-bond donors (Lipinski definition) is 0. The van der Waals surface area contributed by atoms with E-state index in [-0.39, 0.29) is 23.3 Å². The molecule has 2 aromatic rings. The largest absolute Gasteiger partial charge is 0.490 e. The summed E-state index contributed by atoms with van der Waals surface area (Å²) in [5.41, 5.74) is 0.913. The van der Waals surface area contributed by atoms with E-state index in [2.05, 4.69) is 6.92 Å². The normalized spacial score (nSPS) is 19.1. The molecule has 1 aliphatic heterocycles. The van der Waals surface area contributed by atoms with Gasteiger partial charge in [-0.2, -0.15) is 4.39 Å². The molecule has 1 heterocycles. The fourth-order valence-electron chi connectivity index (χ4n) is 4.00. The monoisotopic (exact) mass is 420 g/mol. The molecule has 5 heteroatoms. The van der Waals surface area contributed by atoms with Crippen molar-refractivity contribution in [1.82, 2.24) is 0 Å². The van der Waals surface area contributed by atoms with Crippen molar-refractivity contribution in [3.05, 3.63) is 53.3 Å². The van der Waals surface area contributed by atoms with E-state index in [0.29, 0.717) is 30.8 Å². The summed E-state index contributed by atoms with van der Waals surface area (Å²) in [5, 5.41) is 0. The quantitative estimate of drug-likeness (QED) is 0.393. The summed E-state index contributed by atoms with van der Waals surface area (Å²) in [5.74, 6) is -2.60. The molecule has 3 rings (SSSR count). The van der Waals surface area contributed by atoms with Gasteiger partial charge in [-0.3, -0.25) is 0 Å². The maximum atomic E-state index is 14.8. The third kappa shape index (κ3) is 5.37. The third-order valence-electron chi connectivity index (χ3n) is 5.76. The van der Waals surface area contributed by atoms with Crippen LogP contribution >= 0.6 is 0 Å². The van der Waals surface area contributed by atoms with Gasteiger partial charge in [-0.25, -0.2) is 8.78 Å². The van der Waals surface area contributed by atoms with Gasteiger partial charge < -0.3 is 9.47 Å². The Morgan fingerprint density at radius 2 is 1.80 bits per heavy atom. The van der Waals surface area contributed by atoms with E-state index >= 15 is 0 Å². The van der Waals surface area contributed by atoms with Crippen LogP contribution in [-0.2, 0) is 4.74 Å². The molecule has 164 valence electrons. The van der Waals surface area contributed by atoms with E-state index in [4.69, 9.17) is 9.47 Å². The first-order valence-electron chi connectivity index (χ1n) is 11.1. The summed E-state index contributed by atoms with van der Waals surface area (Å²) < 4.78 is 54.8. The molecule has 1 aliphatic rings.